The van der Waals surface area contributed by atoms with Gasteiger partial charge in [-0.05, 0) is 43.4 Å². The highest BCUT2D eigenvalue weighted by molar-refractivity contribution is 9.10. The van der Waals surface area contributed by atoms with E-state index in [1.807, 2.05) is 19.1 Å². The van der Waals surface area contributed by atoms with Crippen molar-refractivity contribution in [3.63, 3.8) is 0 Å². The van der Waals surface area contributed by atoms with E-state index in [9.17, 15) is 9.59 Å². The molecule has 1 aromatic rings. The maximum atomic E-state index is 12.6. The lowest BCUT2D eigenvalue weighted by molar-refractivity contribution is -0.143. The summed E-state index contributed by atoms with van der Waals surface area (Å²) < 4.78 is 1.03. The number of halogens is 1. The summed E-state index contributed by atoms with van der Waals surface area (Å²) in [5.41, 5.74) is 1.18. The summed E-state index contributed by atoms with van der Waals surface area (Å²) in [6.45, 7) is 2.42. The van der Waals surface area contributed by atoms with E-state index in [4.69, 9.17) is 5.11 Å². The second-order valence-corrected chi connectivity index (χ2v) is 6.93. The number of aliphatic carboxylic acids is 1. The van der Waals surface area contributed by atoms with Crippen LogP contribution in [0.25, 0.3) is 0 Å². The normalized spacial score (nSPS) is 31.2. The van der Waals surface area contributed by atoms with Crippen LogP contribution in [0.4, 0.5) is 0 Å². The molecule has 5 heteroatoms. The van der Waals surface area contributed by atoms with Crippen LogP contribution in [0.5, 0.6) is 0 Å². The Bertz CT molecular complexity index is 589. The molecule has 1 aliphatic heterocycles. The van der Waals surface area contributed by atoms with Crippen molar-refractivity contribution in [3.8, 4) is 0 Å². The third-order valence-electron chi connectivity index (χ3n) is 4.74. The molecule has 1 saturated carbocycles. The SMILES string of the molecule is CC1C(C(=O)O)CCN1C(=O)C1CC1c1cccc(Br)c1. The van der Waals surface area contributed by atoms with E-state index in [1.54, 1.807) is 4.90 Å². The van der Waals surface area contributed by atoms with Crippen molar-refractivity contribution in [3.05, 3.63) is 34.3 Å². The summed E-state index contributed by atoms with van der Waals surface area (Å²) in [6, 6.07) is 7.88. The molecule has 2 aliphatic rings. The number of nitrogens with zero attached hydrogens (tertiary/aromatic N) is 1. The van der Waals surface area contributed by atoms with Gasteiger partial charge in [-0.1, -0.05) is 28.1 Å². The van der Waals surface area contributed by atoms with Gasteiger partial charge in [0, 0.05) is 23.0 Å². The molecule has 1 N–H and O–H groups in total. The summed E-state index contributed by atoms with van der Waals surface area (Å²) in [5, 5.41) is 9.15. The molecule has 1 saturated heterocycles. The maximum Gasteiger partial charge on any atom is 0.308 e. The molecular formula is C16H18BrNO3. The van der Waals surface area contributed by atoms with Crippen molar-refractivity contribution >= 4 is 27.8 Å². The molecule has 4 nitrogen and oxygen atoms in total. The molecule has 0 spiro atoms. The number of hydrogen-bond acceptors (Lipinski definition) is 2. The Hall–Kier alpha value is -1.36. The van der Waals surface area contributed by atoms with Crippen molar-refractivity contribution in [1.82, 2.24) is 4.90 Å². The minimum Gasteiger partial charge on any atom is -0.481 e. The number of carbonyl (C=O) groups is 2. The fourth-order valence-electron chi connectivity index (χ4n) is 3.37. The third kappa shape index (κ3) is 2.71. The lowest BCUT2D eigenvalue weighted by atomic mass is 10.0. The second-order valence-electron chi connectivity index (χ2n) is 6.01. The van der Waals surface area contributed by atoms with Gasteiger partial charge in [0.15, 0.2) is 0 Å². The van der Waals surface area contributed by atoms with Crippen molar-refractivity contribution in [1.29, 1.82) is 0 Å². The van der Waals surface area contributed by atoms with Crippen LogP contribution in [0.2, 0.25) is 0 Å². The first-order chi connectivity index (χ1) is 9.99. The molecule has 1 amide bonds. The van der Waals surface area contributed by atoms with Gasteiger partial charge >= 0.3 is 5.97 Å². The van der Waals surface area contributed by atoms with Crippen molar-refractivity contribution in [2.75, 3.05) is 6.54 Å². The van der Waals surface area contributed by atoms with Crippen LogP contribution in [0.15, 0.2) is 28.7 Å². The van der Waals surface area contributed by atoms with Gasteiger partial charge in [0.05, 0.1) is 5.92 Å². The molecular weight excluding hydrogens is 334 g/mol. The van der Waals surface area contributed by atoms with Gasteiger partial charge in [-0.2, -0.15) is 0 Å². The number of benzene rings is 1. The van der Waals surface area contributed by atoms with E-state index in [0.717, 1.165) is 10.9 Å². The second kappa shape index (κ2) is 5.44. The van der Waals surface area contributed by atoms with Crippen LogP contribution in [0, 0.1) is 11.8 Å². The van der Waals surface area contributed by atoms with Gasteiger partial charge in [-0.15, -0.1) is 0 Å². The van der Waals surface area contributed by atoms with E-state index in [-0.39, 0.29) is 23.8 Å². The predicted molar refractivity (Wildman–Crippen MR) is 81.9 cm³/mol. The average molecular weight is 352 g/mol. The number of rotatable bonds is 3. The summed E-state index contributed by atoms with van der Waals surface area (Å²) in [4.78, 5) is 25.5. The van der Waals surface area contributed by atoms with Gasteiger partial charge in [0.1, 0.15) is 0 Å². The minimum absolute atomic E-state index is 0.0225. The first-order valence-corrected chi connectivity index (χ1v) is 8.07. The Kier molecular flexibility index (Phi) is 3.78. The van der Waals surface area contributed by atoms with Gasteiger partial charge in [0.25, 0.3) is 0 Å². The summed E-state index contributed by atoms with van der Waals surface area (Å²) in [5.74, 6) is -0.786. The zero-order chi connectivity index (χ0) is 15.1. The largest absolute Gasteiger partial charge is 0.481 e. The first-order valence-electron chi connectivity index (χ1n) is 7.28. The molecule has 0 aromatic heterocycles. The van der Waals surface area contributed by atoms with E-state index >= 15 is 0 Å². The third-order valence-corrected chi connectivity index (χ3v) is 5.23. The standard InChI is InChI=1S/C16H18BrNO3/c1-9-12(16(20)21)5-6-18(9)15(19)14-8-13(14)10-3-2-4-11(17)7-10/h2-4,7,9,12-14H,5-6,8H2,1H3,(H,20,21). The molecule has 0 radical (unpaired) electrons. The van der Waals surface area contributed by atoms with Crippen LogP contribution in [-0.4, -0.2) is 34.5 Å². The summed E-state index contributed by atoms with van der Waals surface area (Å²) in [6.07, 6.45) is 1.44. The first kappa shape index (κ1) is 14.6. The highest BCUT2D eigenvalue weighted by atomic mass is 79.9. The zero-order valence-electron chi connectivity index (χ0n) is 11.8. The van der Waals surface area contributed by atoms with E-state index in [0.29, 0.717) is 13.0 Å². The Morgan fingerprint density at radius 3 is 2.71 bits per heavy atom. The van der Waals surface area contributed by atoms with Crippen LogP contribution in [-0.2, 0) is 9.59 Å². The van der Waals surface area contributed by atoms with E-state index in [2.05, 4.69) is 28.1 Å². The Labute approximate surface area is 132 Å². The molecule has 2 fully saturated rings. The molecule has 4 unspecified atom stereocenters. The Balaban J connectivity index is 1.67. The fourth-order valence-corrected chi connectivity index (χ4v) is 3.78. The molecule has 3 rings (SSSR count). The van der Waals surface area contributed by atoms with E-state index < -0.39 is 11.9 Å². The predicted octanol–water partition coefficient (Wildman–Crippen LogP) is 2.87. The van der Waals surface area contributed by atoms with Crippen LogP contribution < -0.4 is 0 Å². The average Bonchev–Trinajstić information content (AvgIpc) is 3.14. The molecule has 21 heavy (non-hydrogen) atoms. The highest BCUT2D eigenvalue weighted by Crippen LogP contribution is 2.49. The van der Waals surface area contributed by atoms with Gasteiger partial charge in [-0.25, -0.2) is 0 Å². The van der Waals surface area contributed by atoms with Crippen LogP contribution in [0.3, 0.4) is 0 Å². The number of hydrogen-bond donors (Lipinski definition) is 1. The van der Waals surface area contributed by atoms with Crippen molar-refractivity contribution < 1.29 is 14.7 Å². The van der Waals surface area contributed by atoms with Crippen LogP contribution in [0.1, 0.15) is 31.2 Å². The number of carboxylic acid groups (broad SMARTS) is 1. The fraction of sp³-hybridized carbons (Fsp3) is 0.500. The van der Waals surface area contributed by atoms with Crippen LogP contribution >= 0.6 is 15.9 Å². The molecule has 1 aliphatic carbocycles. The molecule has 112 valence electrons. The molecule has 1 heterocycles. The number of carboxylic acids is 1. The topological polar surface area (TPSA) is 57.6 Å². The summed E-state index contributed by atoms with van der Waals surface area (Å²) >= 11 is 3.45. The summed E-state index contributed by atoms with van der Waals surface area (Å²) in [7, 11) is 0. The van der Waals surface area contributed by atoms with Gasteiger partial charge < -0.3 is 10.0 Å². The molecule has 4 atom stereocenters. The monoisotopic (exact) mass is 351 g/mol. The highest BCUT2D eigenvalue weighted by Gasteiger charge is 2.49. The lowest BCUT2D eigenvalue weighted by Gasteiger charge is -2.23. The van der Waals surface area contributed by atoms with Crippen molar-refractivity contribution in [2.45, 2.75) is 31.7 Å². The zero-order valence-corrected chi connectivity index (χ0v) is 13.4. The van der Waals surface area contributed by atoms with Gasteiger partial charge in [0.2, 0.25) is 5.91 Å². The quantitative estimate of drug-likeness (QED) is 0.910. The minimum atomic E-state index is -0.794. The van der Waals surface area contributed by atoms with E-state index in [1.165, 1.54) is 5.56 Å². The lowest BCUT2D eigenvalue weighted by Crippen LogP contribution is -2.38. The maximum absolute atomic E-state index is 12.6. The van der Waals surface area contributed by atoms with Crippen molar-refractivity contribution in [2.24, 2.45) is 11.8 Å². The number of amides is 1. The number of carbonyl (C=O) groups excluding carboxylic acids is 1. The number of likely N-dealkylation sites (tertiary alicyclic amines) is 1. The molecule has 0 bridgehead atoms. The smallest absolute Gasteiger partial charge is 0.308 e. The Morgan fingerprint density at radius 2 is 2.10 bits per heavy atom. The Morgan fingerprint density at radius 1 is 1.33 bits per heavy atom. The van der Waals surface area contributed by atoms with Gasteiger partial charge in [-0.3, -0.25) is 9.59 Å². The molecule has 1 aromatic carbocycles.